The number of benzene rings is 2. The predicted octanol–water partition coefficient (Wildman–Crippen LogP) is 6.89. The molecule has 0 saturated carbocycles. The lowest BCUT2D eigenvalue weighted by Crippen LogP contribution is -1.94. The molecule has 1 nitrogen and oxygen atoms in total. The lowest BCUT2D eigenvalue weighted by molar-refractivity contribution is 1.54. The summed E-state index contributed by atoms with van der Waals surface area (Å²) in [5.74, 6) is 0. The Labute approximate surface area is 143 Å². The summed E-state index contributed by atoms with van der Waals surface area (Å²) in [6.45, 7) is 0. The molecule has 0 saturated heterocycles. The highest BCUT2D eigenvalue weighted by molar-refractivity contribution is 7.08. The zero-order valence-electron chi connectivity index (χ0n) is 12.4. The van der Waals surface area contributed by atoms with Crippen LogP contribution < -0.4 is 5.32 Å². The van der Waals surface area contributed by atoms with Crippen LogP contribution in [0.4, 0.5) is 11.4 Å². The van der Waals surface area contributed by atoms with Crippen molar-refractivity contribution < 1.29 is 0 Å². The first-order valence-electron chi connectivity index (χ1n) is 7.42. The molecule has 4 rings (SSSR count). The lowest BCUT2D eigenvalue weighted by Gasteiger charge is -2.14. The van der Waals surface area contributed by atoms with E-state index >= 15 is 0 Å². The summed E-state index contributed by atoms with van der Waals surface area (Å²) in [6, 6.07) is 21.2. The van der Waals surface area contributed by atoms with Crippen LogP contribution in [0.1, 0.15) is 0 Å². The van der Waals surface area contributed by atoms with Gasteiger partial charge < -0.3 is 5.32 Å². The van der Waals surface area contributed by atoms with Crippen molar-refractivity contribution in [2.24, 2.45) is 0 Å². The second-order valence-corrected chi connectivity index (χ2v) is 6.80. The normalized spacial score (nSPS) is 10.6. The Morgan fingerprint density at radius 1 is 0.565 bits per heavy atom. The standard InChI is InChI=1S/C20H15NS2/c1-3-7-19(17(5-1)15-9-11-22-13-15)21-20-8-4-2-6-18(20)16-10-12-23-14-16/h1-14,21H. The summed E-state index contributed by atoms with van der Waals surface area (Å²) in [5, 5.41) is 12.2. The van der Waals surface area contributed by atoms with Crippen LogP contribution >= 0.6 is 22.7 Å². The Bertz CT molecular complexity index is 817. The van der Waals surface area contributed by atoms with Gasteiger partial charge in [-0.2, -0.15) is 22.7 Å². The largest absolute Gasteiger partial charge is 0.355 e. The van der Waals surface area contributed by atoms with Crippen molar-refractivity contribution in [2.75, 3.05) is 5.32 Å². The number of hydrogen-bond acceptors (Lipinski definition) is 3. The molecule has 1 N–H and O–H groups in total. The van der Waals surface area contributed by atoms with Gasteiger partial charge in [0.25, 0.3) is 0 Å². The molecule has 0 aliphatic carbocycles. The zero-order chi connectivity index (χ0) is 15.5. The summed E-state index contributed by atoms with van der Waals surface area (Å²) in [5.41, 5.74) is 7.24. The average Bonchev–Trinajstić information content (AvgIpc) is 3.30. The fourth-order valence-corrected chi connectivity index (χ4v) is 3.98. The van der Waals surface area contributed by atoms with E-state index in [1.54, 1.807) is 22.7 Å². The third kappa shape index (κ3) is 2.93. The molecule has 0 aliphatic rings. The third-order valence-electron chi connectivity index (χ3n) is 3.79. The first-order chi connectivity index (χ1) is 11.4. The molecule has 0 radical (unpaired) electrons. The monoisotopic (exact) mass is 333 g/mol. The molecule has 0 bridgehead atoms. The SMILES string of the molecule is c1ccc(-c2ccsc2)c(Nc2ccccc2-c2ccsc2)c1. The number of anilines is 2. The predicted molar refractivity (Wildman–Crippen MR) is 103 cm³/mol. The molecular weight excluding hydrogens is 318 g/mol. The molecule has 2 heterocycles. The maximum absolute atomic E-state index is 3.63. The van der Waals surface area contributed by atoms with Gasteiger partial charge in [0.05, 0.1) is 0 Å². The van der Waals surface area contributed by atoms with Crippen LogP contribution in [0.2, 0.25) is 0 Å². The van der Waals surface area contributed by atoms with E-state index in [1.807, 2.05) is 0 Å². The van der Waals surface area contributed by atoms with Crippen LogP contribution in [0, 0.1) is 0 Å². The smallest absolute Gasteiger partial charge is 0.0464 e. The van der Waals surface area contributed by atoms with Gasteiger partial charge in [-0.1, -0.05) is 36.4 Å². The van der Waals surface area contributed by atoms with Crippen molar-refractivity contribution in [3.63, 3.8) is 0 Å². The van der Waals surface area contributed by atoms with E-state index in [0.29, 0.717) is 0 Å². The van der Waals surface area contributed by atoms with Crippen molar-refractivity contribution in [2.45, 2.75) is 0 Å². The second-order valence-electron chi connectivity index (χ2n) is 5.24. The first kappa shape index (κ1) is 14.2. The number of nitrogens with one attached hydrogen (secondary N) is 1. The van der Waals surface area contributed by atoms with Crippen molar-refractivity contribution in [1.82, 2.24) is 0 Å². The van der Waals surface area contributed by atoms with Crippen molar-refractivity contribution in [1.29, 1.82) is 0 Å². The minimum atomic E-state index is 1.13. The van der Waals surface area contributed by atoms with E-state index in [-0.39, 0.29) is 0 Å². The van der Waals surface area contributed by atoms with E-state index in [2.05, 4.69) is 87.5 Å². The minimum Gasteiger partial charge on any atom is -0.355 e. The van der Waals surface area contributed by atoms with Crippen LogP contribution in [-0.4, -0.2) is 0 Å². The van der Waals surface area contributed by atoms with Gasteiger partial charge in [-0.15, -0.1) is 0 Å². The molecule has 0 fully saturated rings. The van der Waals surface area contributed by atoms with Gasteiger partial charge in [-0.3, -0.25) is 0 Å². The Kier molecular flexibility index (Phi) is 3.97. The minimum absolute atomic E-state index is 1.13. The van der Waals surface area contributed by atoms with E-state index in [4.69, 9.17) is 0 Å². The molecular formula is C20H15NS2. The fraction of sp³-hybridized carbons (Fsp3) is 0. The van der Waals surface area contributed by atoms with Gasteiger partial charge in [-0.05, 0) is 56.9 Å². The van der Waals surface area contributed by atoms with Gasteiger partial charge in [0, 0.05) is 22.5 Å². The summed E-state index contributed by atoms with van der Waals surface area (Å²) >= 11 is 3.45. The molecule has 0 atom stereocenters. The van der Waals surface area contributed by atoms with Gasteiger partial charge in [-0.25, -0.2) is 0 Å². The molecule has 0 spiro atoms. The van der Waals surface area contributed by atoms with Crippen LogP contribution in [0.15, 0.2) is 82.2 Å². The third-order valence-corrected chi connectivity index (χ3v) is 5.15. The fourth-order valence-electron chi connectivity index (χ4n) is 2.67. The Morgan fingerprint density at radius 3 is 1.48 bits per heavy atom. The molecule has 3 heteroatoms. The van der Waals surface area contributed by atoms with E-state index in [0.717, 1.165) is 11.4 Å². The summed E-state index contributed by atoms with van der Waals surface area (Å²) in [6.07, 6.45) is 0. The highest BCUT2D eigenvalue weighted by Crippen LogP contribution is 2.35. The highest BCUT2D eigenvalue weighted by Gasteiger charge is 2.09. The van der Waals surface area contributed by atoms with Crippen LogP contribution in [0.3, 0.4) is 0 Å². The molecule has 23 heavy (non-hydrogen) atoms. The van der Waals surface area contributed by atoms with Crippen molar-refractivity contribution in [3.8, 4) is 22.3 Å². The van der Waals surface area contributed by atoms with E-state index in [1.165, 1.54) is 22.3 Å². The summed E-state index contributed by atoms with van der Waals surface area (Å²) in [7, 11) is 0. The number of thiophene rings is 2. The molecule has 0 amide bonds. The average molecular weight is 333 g/mol. The Balaban J connectivity index is 1.76. The first-order valence-corrected chi connectivity index (χ1v) is 9.30. The Morgan fingerprint density at radius 2 is 1.04 bits per heavy atom. The second kappa shape index (κ2) is 6.41. The molecule has 112 valence electrons. The molecule has 2 aromatic heterocycles. The van der Waals surface area contributed by atoms with Gasteiger partial charge in [0.15, 0.2) is 0 Å². The van der Waals surface area contributed by atoms with Crippen LogP contribution in [0.25, 0.3) is 22.3 Å². The Hall–Kier alpha value is -2.36. The summed E-state index contributed by atoms with van der Waals surface area (Å²) in [4.78, 5) is 0. The van der Waals surface area contributed by atoms with E-state index < -0.39 is 0 Å². The molecule has 2 aromatic carbocycles. The topological polar surface area (TPSA) is 12.0 Å². The van der Waals surface area contributed by atoms with Crippen LogP contribution in [0.5, 0.6) is 0 Å². The number of rotatable bonds is 4. The van der Waals surface area contributed by atoms with Crippen molar-refractivity contribution in [3.05, 3.63) is 82.2 Å². The lowest BCUT2D eigenvalue weighted by atomic mass is 10.0. The van der Waals surface area contributed by atoms with Gasteiger partial charge in [0.2, 0.25) is 0 Å². The number of hydrogen-bond donors (Lipinski definition) is 1. The van der Waals surface area contributed by atoms with Gasteiger partial charge in [0.1, 0.15) is 0 Å². The molecule has 4 aromatic rings. The van der Waals surface area contributed by atoms with Crippen molar-refractivity contribution >= 4 is 34.0 Å². The zero-order valence-corrected chi connectivity index (χ0v) is 14.0. The molecule has 0 aliphatic heterocycles. The van der Waals surface area contributed by atoms with E-state index in [9.17, 15) is 0 Å². The summed E-state index contributed by atoms with van der Waals surface area (Å²) < 4.78 is 0. The van der Waals surface area contributed by atoms with Gasteiger partial charge >= 0.3 is 0 Å². The molecule has 0 unspecified atom stereocenters. The maximum Gasteiger partial charge on any atom is 0.0464 e. The highest BCUT2D eigenvalue weighted by atomic mass is 32.1. The number of para-hydroxylation sites is 2. The quantitative estimate of drug-likeness (QED) is 0.429. The maximum atomic E-state index is 3.63. The van der Waals surface area contributed by atoms with Crippen LogP contribution in [-0.2, 0) is 0 Å².